The van der Waals surface area contributed by atoms with Crippen LogP contribution in [0.15, 0.2) is 24.3 Å². The van der Waals surface area contributed by atoms with Crippen LogP contribution in [0.3, 0.4) is 0 Å². The molecule has 0 aromatic heterocycles. The Morgan fingerprint density at radius 1 is 1.19 bits per heavy atom. The number of nitrogens with one attached hydrogen (secondary N) is 1. The van der Waals surface area contributed by atoms with Crippen LogP contribution >= 0.6 is 0 Å². The molecule has 90 valence electrons. The molecule has 0 aliphatic carbocycles. The molecule has 1 aromatic carbocycles. The fourth-order valence-electron chi connectivity index (χ4n) is 1.56. The topological polar surface area (TPSA) is 38.0 Å². The SMILES string of the molecule is CC(C)(C)CCNCc1cccc(CN)c1. The molecule has 3 N–H and O–H groups in total. The smallest absolute Gasteiger partial charge is 0.0205 e. The lowest BCUT2D eigenvalue weighted by Gasteiger charge is -2.18. The van der Waals surface area contributed by atoms with Gasteiger partial charge in [-0.25, -0.2) is 0 Å². The van der Waals surface area contributed by atoms with Crippen molar-refractivity contribution in [3.63, 3.8) is 0 Å². The standard InChI is InChI=1S/C14H24N2/c1-14(2,3)7-8-16-11-13-6-4-5-12(9-13)10-15/h4-6,9,16H,7-8,10-11,15H2,1-3H3. The van der Waals surface area contributed by atoms with Crippen molar-refractivity contribution in [2.75, 3.05) is 6.54 Å². The molecule has 0 amide bonds. The van der Waals surface area contributed by atoms with Crippen molar-refractivity contribution in [3.05, 3.63) is 35.4 Å². The zero-order chi connectivity index (χ0) is 12.0. The van der Waals surface area contributed by atoms with E-state index < -0.39 is 0 Å². The largest absolute Gasteiger partial charge is 0.326 e. The number of hydrogen-bond acceptors (Lipinski definition) is 2. The maximum absolute atomic E-state index is 5.61. The first-order valence-corrected chi connectivity index (χ1v) is 6.00. The zero-order valence-electron chi connectivity index (χ0n) is 10.7. The summed E-state index contributed by atoms with van der Waals surface area (Å²) in [7, 11) is 0. The van der Waals surface area contributed by atoms with Crippen LogP contribution in [0.25, 0.3) is 0 Å². The van der Waals surface area contributed by atoms with Gasteiger partial charge in [-0.05, 0) is 29.5 Å². The van der Waals surface area contributed by atoms with Gasteiger partial charge in [0, 0.05) is 13.1 Å². The van der Waals surface area contributed by atoms with E-state index in [0.29, 0.717) is 12.0 Å². The summed E-state index contributed by atoms with van der Waals surface area (Å²) in [6.07, 6.45) is 1.20. The molecule has 0 saturated carbocycles. The Morgan fingerprint density at radius 2 is 1.88 bits per heavy atom. The quantitative estimate of drug-likeness (QED) is 0.749. The zero-order valence-corrected chi connectivity index (χ0v) is 10.7. The Morgan fingerprint density at radius 3 is 2.50 bits per heavy atom. The summed E-state index contributed by atoms with van der Waals surface area (Å²) < 4.78 is 0. The van der Waals surface area contributed by atoms with Crippen molar-refractivity contribution in [3.8, 4) is 0 Å². The highest BCUT2D eigenvalue weighted by atomic mass is 14.8. The lowest BCUT2D eigenvalue weighted by molar-refractivity contribution is 0.366. The fraction of sp³-hybridized carbons (Fsp3) is 0.571. The van der Waals surface area contributed by atoms with Crippen LogP contribution in [-0.2, 0) is 13.1 Å². The van der Waals surface area contributed by atoms with E-state index in [9.17, 15) is 0 Å². The highest BCUT2D eigenvalue weighted by Crippen LogP contribution is 2.17. The normalized spacial score (nSPS) is 11.8. The van der Waals surface area contributed by atoms with Crippen molar-refractivity contribution >= 4 is 0 Å². The lowest BCUT2D eigenvalue weighted by Crippen LogP contribution is -2.20. The van der Waals surface area contributed by atoms with Crippen LogP contribution in [0.4, 0.5) is 0 Å². The van der Waals surface area contributed by atoms with E-state index in [1.165, 1.54) is 17.5 Å². The van der Waals surface area contributed by atoms with Crippen LogP contribution in [0, 0.1) is 5.41 Å². The Hall–Kier alpha value is -0.860. The van der Waals surface area contributed by atoms with E-state index in [2.05, 4.69) is 50.4 Å². The van der Waals surface area contributed by atoms with Gasteiger partial charge in [-0.1, -0.05) is 45.0 Å². The van der Waals surface area contributed by atoms with Crippen LogP contribution in [0.5, 0.6) is 0 Å². The fourth-order valence-corrected chi connectivity index (χ4v) is 1.56. The Balaban J connectivity index is 2.32. The third kappa shape index (κ3) is 5.29. The molecule has 0 atom stereocenters. The van der Waals surface area contributed by atoms with Crippen molar-refractivity contribution in [2.24, 2.45) is 11.1 Å². The van der Waals surface area contributed by atoms with Gasteiger partial charge in [-0.2, -0.15) is 0 Å². The second kappa shape index (κ2) is 6.02. The van der Waals surface area contributed by atoms with Crippen LogP contribution in [-0.4, -0.2) is 6.54 Å². The minimum absolute atomic E-state index is 0.409. The number of nitrogens with two attached hydrogens (primary N) is 1. The van der Waals surface area contributed by atoms with Gasteiger partial charge in [0.25, 0.3) is 0 Å². The van der Waals surface area contributed by atoms with E-state index in [1.54, 1.807) is 0 Å². The Bertz CT molecular complexity index is 313. The molecule has 0 radical (unpaired) electrons. The van der Waals surface area contributed by atoms with Gasteiger partial charge in [-0.15, -0.1) is 0 Å². The molecule has 0 saturated heterocycles. The molecule has 0 aliphatic heterocycles. The van der Waals surface area contributed by atoms with Crippen LogP contribution < -0.4 is 11.1 Å². The second-order valence-electron chi connectivity index (χ2n) is 5.51. The van der Waals surface area contributed by atoms with Crippen LogP contribution in [0.2, 0.25) is 0 Å². The average molecular weight is 220 g/mol. The highest BCUT2D eigenvalue weighted by molar-refractivity contribution is 5.23. The van der Waals surface area contributed by atoms with Gasteiger partial charge in [0.05, 0.1) is 0 Å². The molecular formula is C14H24N2. The maximum Gasteiger partial charge on any atom is 0.0205 e. The number of benzene rings is 1. The molecule has 16 heavy (non-hydrogen) atoms. The average Bonchev–Trinajstić information content (AvgIpc) is 2.23. The van der Waals surface area contributed by atoms with Crippen LogP contribution in [0.1, 0.15) is 38.3 Å². The van der Waals surface area contributed by atoms with Gasteiger partial charge >= 0.3 is 0 Å². The molecule has 0 fully saturated rings. The molecule has 1 aromatic rings. The predicted octanol–water partition coefficient (Wildman–Crippen LogP) is 2.67. The van der Waals surface area contributed by atoms with E-state index in [4.69, 9.17) is 5.73 Å². The monoisotopic (exact) mass is 220 g/mol. The van der Waals surface area contributed by atoms with Crippen molar-refractivity contribution in [2.45, 2.75) is 40.3 Å². The minimum atomic E-state index is 0.409. The first kappa shape index (κ1) is 13.2. The molecule has 0 heterocycles. The van der Waals surface area contributed by atoms with Gasteiger partial charge in [-0.3, -0.25) is 0 Å². The number of rotatable bonds is 5. The molecule has 2 nitrogen and oxygen atoms in total. The number of hydrogen-bond donors (Lipinski definition) is 2. The summed E-state index contributed by atoms with van der Waals surface area (Å²) in [5.74, 6) is 0. The van der Waals surface area contributed by atoms with Crippen molar-refractivity contribution in [1.82, 2.24) is 5.32 Å². The summed E-state index contributed by atoms with van der Waals surface area (Å²) in [5.41, 5.74) is 8.54. The molecular weight excluding hydrogens is 196 g/mol. The summed E-state index contributed by atoms with van der Waals surface area (Å²) in [6.45, 7) is 9.42. The van der Waals surface area contributed by atoms with E-state index in [0.717, 1.165) is 13.1 Å². The Kier molecular flexibility index (Phi) is 4.97. The summed E-state index contributed by atoms with van der Waals surface area (Å²) in [4.78, 5) is 0. The van der Waals surface area contributed by atoms with E-state index in [1.807, 2.05) is 0 Å². The summed E-state index contributed by atoms with van der Waals surface area (Å²) >= 11 is 0. The van der Waals surface area contributed by atoms with Gasteiger partial charge in [0.1, 0.15) is 0 Å². The van der Waals surface area contributed by atoms with E-state index >= 15 is 0 Å². The molecule has 0 bridgehead atoms. The molecule has 2 heteroatoms. The first-order chi connectivity index (χ1) is 7.51. The molecule has 1 rings (SSSR count). The summed E-state index contributed by atoms with van der Waals surface area (Å²) in [5, 5.41) is 3.47. The summed E-state index contributed by atoms with van der Waals surface area (Å²) in [6, 6.07) is 8.45. The van der Waals surface area contributed by atoms with Gasteiger partial charge in [0.15, 0.2) is 0 Å². The lowest BCUT2D eigenvalue weighted by atomic mass is 9.92. The minimum Gasteiger partial charge on any atom is -0.326 e. The predicted molar refractivity (Wildman–Crippen MR) is 70.1 cm³/mol. The molecule has 0 spiro atoms. The van der Waals surface area contributed by atoms with Gasteiger partial charge in [0.2, 0.25) is 0 Å². The van der Waals surface area contributed by atoms with Gasteiger partial charge < -0.3 is 11.1 Å². The maximum atomic E-state index is 5.61. The highest BCUT2D eigenvalue weighted by Gasteiger charge is 2.08. The first-order valence-electron chi connectivity index (χ1n) is 6.00. The van der Waals surface area contributed by atoms with Crippen molar-refractivity contribution < 1.29 is 0 Å². The molecule has 0 unspecified atom stereocenters. The molecule has 0 aliphatic rings. The second-order valence-corrected chi connectivity index (χ2v) is 5.51. The third-order valence-corrected chi connectivity index (χ3v) is 2.61. The Labute approximate surface area is 99.2 Å². The van der Waals surface area contributed by atoms with Crippen molar-refractivity contribution in [1.29, 1.82) is 0 Å². The van der Waals surface area contributed by atoms with E-state index in [-0.39, 0.29) is 0 Å². The third-order valence-electron chi connectivity index (χ3n) is 2.61.